The largest absolute Gasteiger partial charge is 0.370 e. The zero-order valence-corrected chi connectivity index (χ0v) is 20.4. The number of likely N-dealkylation sites (tertiary alicyclic amines) is 1. The van der Waals surface area contributed by atoms with E-state index in [0.717, 1.165) is 11.8 Å². The Morgan fingerprint density at radius 3 is 2.53 bits per heavy atom. The van der Waals surface area contributed by atoms with E-state index < -0.39 is 39.5 Å². The molecule has 11 nitrogen and oxygen atoms in total. The number of sulfonamides is 1. The first-order valence-electron chi connectivity index (χ1n) is 11.1. The van der Waals surface area contributed by atoms with Crippen LogP contribution in [0.5, 0.6) is 0 Å². The van der Waals surface area contributed by atoms with Gasteiger partial charge in [-0.15, -0.1) is 0 Å². The molecule has 1 aliphatic heterocycles. The van der Waals surface area contributed by atoms with Crippen molar-refractivity contribution in [3.8, 4) is 0 Å². The van der Waals surface area contributed by atoms with E-state index in [4.69, 9.17) is 11.5 Å². The van der Waals surface area contributed by atoms with Crippen LogP contribution in [0.2, 0.25) is 0 Å². The fourth-order valence-electron chi connectivity index (χ4n) is 4.05. The maximum absolute atomic E-state index is 13.5. The Bertz CT molecular complexity index is 996. The molecule has 1 fully saturated rings. The van der Waals surface area contributed by atoms with Crippen LogP contribution in [0, 0.1) is 0 Å². The molecule has 1 heterocycles. The lowest BCUT2D eigenvalue weighted by molar-refractivity contribution is -0.145. The molecule has 188 valence electrons. The summed E-state index contributed by atoms with van der Waals surface area (Å²) < 4.78 is 26.4. The first-order valence-corrected chi connectivity index (χ1v) is 13.0. The van der Waals surface area contributed by atoms with E-state index >= 15 is 0 Å². The number of guanidine groups is 1. The van der Waals surface area contributed by atoms with Crippen LogP contribution < -0.4 is 21.5 Å². The van der Waals surface area contributed by atoms with E-state index in [-0.39, 0.29) is 12.4 Å². The third-order valence-electron chi connectivity index (χ3n) is 5.78. The molecule has 1 saturated heterocycles. The van der Waals surface area contributed by atoms with Crippen LogP contribution in [-0.2, 0) is 30.8 Å². The van der Waals surface area contributed by atoms with Crippen LogP contribution in [0.1, 0.15) is 38.2 Å². The summed E-state index contributed by atoms with van der Waals surface area (Å²) in [5.74, 6) is -0.998. The highest BCUT2D eigenvalue weighted by atomic mass is 32.2. The monoisotopic (exact) mass is 494 g/mol. The van der Waals surface area contributed by atoms with Gasteiger partial charge in [-0.2, -0.15) is 0 Å². The summed E-state index contributed by atoms with van der Waals surface area (Å²) in [6.45, 7) is 2.26. The highest BCUT2D eigenvalue weighted by Crippen LogP contribution is 2.30. The number of aliphatic imine (C=N–C) groups is 1. The predicted molar refractivity (Wildman–Crippen MR) is 129 cm³/mol. The second-order valence-corrected chi connectivity index (χ2v) is 10.4. The minimum atomic E-state index is -3.69. The quantitative estimate of drug-likeness (QED) is 0.128. The summed E-state index contributed by atoms with van der Waals surface area (Å²) in [4.78, 5) is 43.5. The Morgan fingerprint density at radius 2 is 1.94 bits per heavy atom. The van der Waals surface area contributed by atoms with Crippen molar-refractivity contribution in [3.05, 3.63) is 35.9 Å². The van der Waals surface area contributed by atoms with Gasteiger partial charge in [0.15, 0.2) is 5.96 Å². The Morgan fingerprint density at radius 1 is 1.26 bits per heavy atom. The van der Waals surface area contributed by atoms with Gasteiger partial charge in [0.2, 0.25) is 21.8 Å². The van der Waals surface area contributed by atoms with Gasteiger partial charge in [-0.1, -0.05) is 30.3 Å². The van der Waals surface area contributed by atoms with Gasteiger partial charge in [0, 0.05) is 13.1 Å². The maximum Gasteiger partial charge on any atom is 0.246 e. The molecule has 0 unspecified atom stereocenters. The summed E-state index contributed by atoms with van der Waals surface area (Å²) in [7, 11) is -3.69. The number of hydrogen-bond donors (Lipinski definition) is 4. The van der Waals surface area contributed by atoms with Crippen LogP contribution in [0.25, 0.3) is 0 Å². The normalized spacial score (nSPS) is 19.8. The van der Waals surface area contributed by atoms with Crippen LogP contribution in [0.15, 0.2) is 35.3 Å². The summed E-state index contributed by atoms with van der Waals surface area (Å²) in [6, 6.07) is 7.21. The molecule has 12 heteroatoms. The van der Waals surface area contributed by atoms with E-state index in [1.54, 1.807) is 31.2 Å². The van der Waals surface area contributed by atoms with Crippen molar-refractivity contribution >= 4 is 34.1 Å². The number of rotatable bonds is 12. The Balaban J connectivity index is 2.16. The van der Waals surface area contributed by atoms with Gasteiger partial charge in [-0.3, -0.25) is 14.6 Å². The first kappa shape index (κ1) is 27.3. The number of nitrogens with zero attached hydrogens (tertiary/aromatic N) is 2. The second-order valence-electron chi connectivity index (χ2n) is 8.66. The van der Waals surface area contributed by atoms with E-state index in [0.29, 0.717) is 45.1 Å². The fraction of sp³-hybridized carbons (Fsp3) is 0.545. The Kier molecular flexibility index (Phi) is 9.56. The highest BCUT2D eigenvalue weighted by Gasteiger charge is 2.47. The van der Waals surface area contributed by atoms with Crippen LogP contribution in [-0.4, -0.2) is 74.3 Å². The number of benzene rings is 1. The number of amides is 2. The maximum atomic E-state index is 13.5. The Hall–Kier alpha value is -2.99. The second kappa shape index (κ2) is 11.9. The third kappa shape index (κ3) is 7.80. The topological polar surface area (TPSA) is 177 Å². The smallest absolute Gasteiger partial charge is 0.246 e. The highest BCUT2D eigenvalue weighted by molar-refractivity contribution is 7.88. The number of carbonyl (C=O) groups excluding carboxylic acids is 3. The van der Waals surface area contributed by atoms with Crippen molar-refractivity contribution in [2.45, 2.75) is 56.7 Å². The predicted octanol–water partition coefficient (Wildman–Crippen LogP) is -0.735. The molecule has 6 N–H and O–H groups in total. The molecule has 0 aromatic heterocycles. The van der Waals surface area contributed by atoms with Gasteiger partial charge in [0.25, 0.3) is 0 Å². The average Bonchev–Trinajstić information content (AvgIpc) is 3.17. The standard InChI is InChI=1S/C22H34N6O5S/c1-22(20(31)26-17(15-29)10-6-12-25-21(23)24)11-7-13-28(22)19(30)18(27-34(2,32)33)14-16-8-4-3-5-9-16/h3-5,8-9,15,17-18,27H,6-7,10-14H2,1-2H3,(H,26,31)(H4,23,24,25)/t17-,18+,22-/m0/s1. The average molecular weight is 495 g/mol. The lowest BCUT2D eigenvalue weighted by atomic mass is 9.95. The van der Waals surface area contributed by atoms with Crippen molar-refractivity contribution in [1.82, 2.24) is 14.9 Å². The van der Waals surface area contributed by atoms with Crippen molar-refractivity contribution in [1.29, 1.82) is 0 Å². The van der Waals surface area contributed by atoms with E-state index in [1.807, 2.05) is 6.07 Å². The lowest BCUT2D eigenvalue weighted by Gasteiger charge is -2.36. The third-order valence-corrected chi connectivity index (χ3v) is 6.49. The minimum absolute atomic E-state index is 0.0490. The summed E-state index contributed by atoms with van der Waals surface area (Å²) >= 11 is 0. The summed E-state index contributed by atoms with van der Waals surface area (Å²) in [5.41, 5.74) is 10.1. The molecule has 0 aliphatic carbocycles. The molecule has 0 spiro atoms. The number of aldehydes is 1. The van der Waals surface area contributed by atoms with Crippen LogP contribution in [0.4, 0.5) is 0 Å². The van der Waals surface area contributed by atoms with Gasteiger partial charge in [-0.25, -0.2) is 13.1 Å². The van der Waals surface area contributed by atoms with Gasteiger partial charge in [-0.05, 0) is 44.6 Å². The molecule has 3 atom stereocenters. The number of nitrogens with one attached hydrogen (secondary N) is 2. The van der Waals surface area contributed by atoms with Gasteiger partial charge < -0.3 is 26.5 Å². The van der Waals surface area contributed by atoms with Gasteiger partial charge in [0.1, 0.15) is 17.9 Å². The number of nitrogens with two attached hydrogens (primary N) is 2. The van der Waals surface area contributed by atoms with Crippen molar-refractivity contribution in [2.75, 3.05) is 19.3 Å². The first-order chi connectivity index (χ1) is 16.0. The SMILES string of the molecule is C[C@@]1(C(=O)N[C@H](C=O)CCCN=C(N)N)CCCN1C(=O)[C@@H](Cc1ccccc1)NS(C)(=O)=O. The molecular weight excluding hydrogens is 460 g/mol. The fourth-order valence-corrected chi connectivity index (χ4v) is 4.75. The molecule has 2 amide bonds. The summed E-state index contributed by atoms with van der Waals surface area (Å²) in [5, 5.41) is 2.71. The lowest BCUT2D eigenvalue weighted by Crippen LogP contribution is -2.61. The van der Waals surface area contributed by atoms with Gasteiger partial charge in [0.05, 0.1) is 12.3 Å². The number of hydrogen-bond acceptors (Lipinski definition) is 6. The summed E-state index contributed by atoms with van der Waals surface area (Å²) in [6.07, 6.45) is 3.56. The van der Waals surface area contributed by atoms with E-state index in [2.05, 4.69) is 15.0 Å². The number of carbonyl (C=O) groups is 3. The van der Waals surface area contributed by atoms with Gasteiger partial charge >= 0.3 is 0 Å². The molecule has 1 aromatic carbocycles. The van der Waals surface area contributed by atoms with E-state index in [1.165, 1.54) is 4.90 Å². The molecule has 34 heavy (non-hydrogen) atoms. The van der Waals surface area contributed by atoms with Crippen LogP contribution in [0.3, 0.4) is 0 Å². The zero-order valence-electron chi connectivity index (χ0n) is 19.6. The van der Waals surface area contributed by atoms with Crippen molar-refractivity contribution in [2.24, 2.45) is 16.5 Å². The Labute approximate surface area is 200 Å². The minimum Gasteiger partial charge on any atom is -0.370 e. The zero-order chi connectivity index (χ0) is 25.4. The molecule has 2 rings (SSSR count). The molecule has 0 radical (unpaired) electrons. The van der Waals surface area contributed by atoms with Crippen molar-refractivity contribution in [3.63, 3.8) is 0 Å². The molecule has 0 saturated carbocycles. The molecule has 1 aliphatic rings. The van der Waals surface area contributed by atoms with Crippen molar-refractivity contribution < 1.29 is 22.8 Å². The van der Waals surface area contributed by atoms with Crippen LogP contribution >= 0.6 is 0 Å². The van der Waals surface area contributed by atoms with E-state index in [9.17, 15) is 22.8 Å². The molecule has 1 aromatic rings. The molecule has 0 bridgehead atoms. The molecular formula is C22H34N6O5S.